The highest BCUT2D eigenvalue weighted by Gasteiger charge is 2.07. The Hall–Kier alpha value is -1.92. The summed E-state index contributed by atoms with van der Waals surface area (Å²) in [7, 11) is 0. The molecule has 1 aromatic carbocycles. The van der Waals surface area contributed by atoms with E-state index in [2.05, 4.69) is 16.0 Å². The molecule has 1 atom stereocenters. The largest absolute Gasteiger partial charge is 0.388 e. The summed E-state index contributed by atoms with van der Waals surface area (Å²) in [5.74, 6) is -0.164. The number of rotatable bonds is 8. The van der Waals surface area contributed by atoms with Crippen molar-refractivity contribution in [3.05, 3.63) is 29.8 Å². The highest BCUT2D eigenvalue weighted by Crippen LogP contribution is 2.18. The number of nitrogens with one attached hydrogen (secondary N) is 3. The highest BCUT2D eigenvalue weighted by molar-refractivity contribution is 5.88. The van der Waals surface area contributed by atoms with Crippen LogP contribution < -0.4 is 16.0 Å². The molecule has 0 heterocycles. The van der Waals surface area contributed by atoms with E-state index in [-0.39, 0.29) is 11.8 Å². The first-order valence-corrected chi connectivity index (χ1v) is 7.00. The van der Waals surface area contributed by atoms with Crippen molar-refractivity contribution >= 4 is 17.5 Å². The zero-order chi connectivity index (χ0) is 15.7. The van der Waals surface area contributed by atoms with Gasteiger partial charge in [0.1, 0.15) is 0 Å². The number of amides is 2. The maximum atomic E-state index is 10.9. The second-order valence-electron chi connectivity index (χ2n) is 4.84. The van der Waals surface area contributed by atoms with E-state index in [1.54, 1.807) is 24.3 Å². The average Bonchev–Trinajstić information content (AvgIpc) is 2.42. The summed E-state index contributed by atoms with van der Waals surface area (Å²) >= 11 is 0. The summed E-state index contributed by atoms with van der Waals surface area (Å²) in [6.07, 6.45) is 0.0316. The minimum Gasteiger partial charge on any atom is -0.388 e. The zero-order valence-corrected chi connectivity index (χ0v) is 12.5. The highest BCUT2D eigenvalue weighted by atomic mass is 16.3. The molecule has 0 spiro atoms. The third kappa shape index (κ3) is 7.43. The van der Waals surface area contributed by atoms with Crippen LogP contribution in [0.15, 0.2) is 24.3 Å². The van der Waals surface area contributed by atoms with Gasteiger partial charge in [-0.15, -0.1) is 0 Å². The molecule has 21 heavy (non-hydrogen) atoms. The average molecular weight is 293 g/mol. The van der Waals surface area contributed by atoms with E-state index < -0.39 is 6.10 Å². The summed E-state index contributed by atoms with van der Waals surface area (Å²) < 4.78 is 0. The van der Waals surface area contributed by atoms with E-state index in [9.17, 15) is 14.7 Å². The molecular weight excluding hydrogens is 270 g/mol. The Bertz CT molecular complexity index is 460. The first-order valence-electron chi connectivity index (χ1n) is 7.00. The standard InChI is InChI=1S/C15H23N3O3/c1-11(19)17-10-9-16-8-7-15(21)13-3-5-14(6-4-13)18-12(2)20/h3-6,15-16,21H,7-10H2,1-2H3,(H,17,19)(H,18,20). The maximum Gasteiger partial charge on any atom is 0.221 e. The molecule has 0 saturated carbocycles. The van der Waals surface area contributed by atoms with Crippen molar-refractivity contribution in [2.24, 2.45) is 0 Å². The minimum absolute atomic E-state index is 0.0453. The predicted octanol–water partition coefficient (Wildman–Crippen LogP) is 0.794. The predicted molar refractivity (Wildman–Crippen MR) is 81.9 cm³/mol. The number of hydrogen-bond acceptors (Lipinski definition) is 4. The van der Waals surface area contributed by atoms with Gasteiger partial charge in [-0.25, -0.2) is 0 Å². The van der Waals surface area contributed by atoms with E-state index >= 15 is 0 Å². The molecular formula is C15H23N3O3. The van der Waals surface area contributed by atoms with Crippen LogP contribution in [0.3, 0.4) is 0 Å². The Balaban J connectivity index is 2.27. The Morgan fingerprint density at radius 1 is 1.05 bits per heavy atom. The number of carbonyl (C=O) groups is 2. The van der Waals surface area contributed by atoms with E-state index in [4.69, 9.17) is 0 Å². The fourth-order valence-electron chi connectivity index (χ4n) is 1.85. The lowest BCUT2D eigenvalue weighted by Crippen LogP contribution is -2.31. The second kappa shape index (κ2) is 9.10. The summed E-state index contributed by atoms with van der Waals surface area (Å²) in [5.41, 5.74) is 1.53. The summed E-state index contributed by atoms with van der Waals surface area (Å²) in [5, 5.41) is 18.6. The van der Waals surface area contributed by atoms with E-state index in [1.807, 2.05) is 0 Å². The van der Waals surface area contributed by atoms with Gasteiger partial charge < -0.3 is 21.1 Å². The van der Waals surface area contributed by atoms with Crippen LogP contribution in [0.4, 0.5) is 5.69 Å². The molecule has 0 aliphatic heterocycles. The monoisotopic (exact) mass is 293 g/mol. The quantitative estimate of drug-likeness (QED) is 0.534. The molecule has 1 unspecified atom stereocenters. The number of aliphatic hydroxyl groups excluding tert-OH is 1. The van der Waals surface area contributed by atoms with Crippen LogP contribution in [0.2, 0.25) is 0 Å². The maximum absolute atomic E-state index is 10.9. The zero-order valence-electron chi connectivity index (χ0n) is 12.5. The van der Waals surface area contributed by atoms with Crippen LogP contribution >= 0.6 is 0 Å². The Kier molecular flexibility index (Phi) is 7.42. The van der Waals surface area contributed by atoms with Gasteiger partial charge in [-0.3, -0.25) is 9.59 Å². The topological polar surface area (TPSA) is 90.5 Å². The van der Waals surface area contributed by atoms with Crippen molar-refractivity contribution in [2.75, 3.05) is 25.0 Å². The van der Waals surface area contributed by atoms with Crippen LogP contribution in [0.1, 0.15) is 31.9 Å². The Morgan fingerprint density at radius 2 is 1.71 bits per heavy atom. The lowest BCUT2D eigenvalue weighted by atomic mass is 10.1. The number of carbonyl (C=O) groups excluding carboxylic acids is 2. The lowest BCUT2D eigenvalue weighted by Gasteiger charge is -2.12. The van der Waals surface area contributed by atoms with Crippen molar-refractivity contribution < 1.29 is 14.7 Å². The molecule has 0 aliphatic carbocycles. The second-order valence-corrected chi connectivity index (χ2v) is 4.84. The van der Waals surface area contributed by atoms with Crippen molar-refractivity contribution in [1.82, 2.24) is 10.6 Å². The van der Waals surface area contributed by atoms with Gasteiger partial charge in [0, 0.05) is 32.6 Å². The number of aliphatic hydroxyl groups is 1. The Morgan fingerprint density at radius 3 is 2.29 bits per heavy atom. The van der Waals surface area contributed by atoms with Gasteiger partial charge in [-0.1, -0.05) is 12.1 Å². The molecule has 4 N–H and O–H groups in total. The smallest absolute Gasteiger partial charge is 0.221 e. The van der Waals surface area contributed by atoms with Crippen molar-refractivity contribution in [3.8, 4) is 0 Å². The molecule has 1 aromatic rings. The normalized spacial score (nSPS) is 11.8. The van der Waals surface area contributed by atoms with Gasteiger partial charge in [0.25, 0.3) is 0 Å². The minimum atomic E-state index is -0.551. The van der Waals surface area contributed by atoms with Gasteiger partial charge in [-0.2, -0.15) is 0 Å². The van der Waals surface area contributed by atoms with Crippen molar-refractivity contribution in [2.45, 2.75) is 26.4 Å². The van der Waals surface area contributed by atoms with Crippen LogP contribution in [0, 0.1) is 0 Å². The van der Waals surface area contributed by atoms with E-state index in [1.165, 1.54) is 13.8 Å². The summed E-state index contributed by atoms with van der Waals surface area (Å²) in [6.45, 7) is 4.85. The fraction of sp³-hybridized carbons (Fsp3) is 0.467. The lowest BCUT2D eigenvalue weighted by molar-refractivity contribution is -0.119. The fourth-order valence-corrected chi connectivity index (χ4v) is 1.85. The third-order valence-electron chi connectivity index (χ3n) is 2.89. The molecule has 0 bridgehead atoms. The van der Waals surface area contributed by atoms with Gasteiger partial charge >= 0.3 is 0 Å². The van der Waals surface area contributed by atoms with E-state index in [0.717, 1.165) is 5.56 Å². The first kappa shape index (κ1) is 17.1. The number of hydrogen-bond donors (Lipinski definition) is 4. The molecule has 0 saturated heterocycles. The van der Waals surface area contributed by atoms with Crippen LogP contribution in [0.25, 0.3) is 0 Å². The molecule has 0 fully saturated rings. The van der Waals surface area contributed by atoms with Crippen molar-refractivity contribution in [3.63, 3.8) is 0 Å². The van der Waals surface area contributed by atoms with Crippen molar-refractivity contribution in [1.29, 1.82) is 0 Å². The third-order valence-corrected chi connectivity index (χ3v) is 2.89. The molecule has 2 amide bonds. The molecule has 116 valence electrons. The molecule has 0 radical (unpaired) electrons. The Labute approximate surface area is 124 Å². The SMILES string of the molecule is CC(=O)NCCNCCC(O)c1ccc(NC(C)=O)cc1. The van der Waals surface area contributed by atoms with Gasteiger partial charge in [0.05, 0.1) is 6.10 Å². The number of benzene rings is 1. The molecule has 6 nitrogen and oxygen atoms in total. The van der Waals surface area contributed by atoms with Crippen LogP contribution in [-0.2, 0) is 9.59 Å². The summed E-state index contributed by atoms with van der Waals surface area (Å²) in [4.78, 5) is 21.6. The van der Waals surface area contributed by atoms with Gasteiger partial charge in [0.15, 0.2) is 0 Å². The van der Waals surface area contributed by atoms with Gasteiger partial charge in [0.2, 0.25) is 11.8 Å². The molecule has 0 aliphatic rings. The molecule has 0 aromatic heterocycles. The number of anilines is 1. The molecule has 1 rings (SSSR count). The van der Waals surface area contributed by atoms with E-state index in [0.29, 0.717) is 31.7 Å². The molecule has 6 heteroatoms. The summed E-state index contributed by atoms with van der Waals surface area (Å²) in [6, 6.07) is 7.13. The van der Waals surface area contributed by atoms with Gasteiger partial charge in [-0.05, 0) is 30.7 Å². The van der Waals surface area contributed by atoms with Crippen LogP contribution in [-0.4, -0.2) is 36.6 Å². The van der Waals surface area contributed by atoms with Crippen LogP contribution in [0.5, 0.6) is 0 Å². The first-order chi connectivity index (χ1) is 9.99.